The fourth-order valence-corrected chi connectivity index (χ4v) is 3.47. The third-order valence-electron chi connectivity index (χ3n) is 4.72. The summed E-state index contributed by atoms with van der Waals surface area (Å²) in [6.07, 6.45) is 4.13. The highest BCUT2D eigenvalue weighted by atomic mass is 16.5. The highest BCUT2D eigenvalue weighted by Crippen LogP contribution is 2.38. The Kier molecular flexibility index (Phi) is 4.81. The Bertz CT molecular complexity index is 510. The zero-order valence-electron chi connectivity index (χ0n) is 12.5. The van der Waals surface area contributed by atoms with Gasteiger partial charge in [-0.3, -0.25) is 4.79 Å². The maximum atomic E-state index is 12.3. The van der Waals surface area contributed by atoms with E-state index in [9.17, 15) is 14.8 Å². The van der Waals surface area contributed by atoms with Crippen molar-refractivity contribution in [2.45, 2.75) is 50.3 Å². The summed E-state index contributed by atoms with van der Waals surface area (Å²) in [5.74, 6) is -0.901. The molecule has 1 amide bonds. The molecule has 2 bridgehead atoms. The lowest BCUT2D eigenvalue weighted by Gasteiger charge is -2.23. The van der Waals surface area contributed by atoms with Crippen molar-refractivity contribution in [3.05, 3.63) is 35.9 Å². The molecule has 2 saturated heterocycles. The van der Waals surface area contributed by atoms with Crippen molar-refractivity contribution >= 4 is 13.0 Å². The monoisotopic (exact) mass is 303 g/mol. The SMILES string of the molecule is O=C(NC(CCc1ccccc1)B(O)O)[C@@H]1C[C@H]2CC[C@@H]1O2. The number of hydrogen-bond donors (Lipinski definition) is 3. The number of amides is 1. The second-order valence-electron chi connectivity index (χ2n) is 6.27. The number of benzene rings is 1. The average molecular weight is 303 g/mol. The number of nitrogens with one attached hydrogen (secondary N) is 1. The molecule has 1 unspecified atom stereocenters. The molecule has 1 aromatic rings. The molecule has 118 valence electrons. The van der Waals surface area contributed by atoms with Crippen LogP contribution in [-0.4, -0.2) is 41.2 Å². The smallest absolute Gasteiger partial charge is 0.426 e. The van der Waals surface area contributed by atoms with Crippen LogP contribution in [0.25, 0.3) is 0 Å². The van der Waals surface area contributed by atoms with Gasteiger partial charge >= 0.3 is 7.12 Å². The van der Waals surface area contributed by atoms with Crippen molar-refractivity contribution in [2.24, 2.45) is 5.92 Å². The molecule has 0 spiro atoms. The minimum atomic E-state index is -1.55. The molecule has 3 rings (SSSR count). The highest BCUT2D eigenvalue weighted by molar-refractivity contribution is 6.43. The summed E-state index contributed by atoms with van der Waals surface area (Å²) in [5, 5.41) is 21.8. The topological polar surface area (TPSA) is 78.8 Å². The quantitative estimate of drug-likeness (QED) is 0.675. The molecule has 5 nitrogen and oxygen atoms in total. The first-order valence-corrected chi connectivity index (χ1v) is 7.99. The molecule has 0 saturated carbocycles. The first-order chi connectivity index (χ1) is 10.6. The molecule has 6 heteroatoms. The van der Waals surface area contributed by atoms with E-state index in [1.54, 1.807) is 0 Å². The Morgan fingerprint density at radius 3 is 2.68 bits per heavy atom. The van der Waals surface area contributed by atoms with Crippen LogP contribution in [0.1, 0.15) is 31.2 Å². The van der Waals surface area contributed by atoms with Crippen molar-refractivity contribution in [3.8, 4) is 0 Å². The molecule has 0 aliphatic carbocycles. The Labute approximate surface area is 130 Å². The number of carbonyl (C=O) groups excluding carboxylic acids is 1. The van der Waals surface area contributed by atoms with Gasteiger partial charge in [0.2, 0.25) is 5.91 Å². The Morgan fingerprint density at radius 1 is 1.32 bits per heavy atom. The van der Waals surface area contributed by atoms with E-state index < -0.39 is 13.1 Å². The van der Waals surface area contributed by atoms with E-state index in [-0.39, 0.29) is 24.0 Å². The third kappa shape index (κ3) is 3.51. The van der Waals surface area contributed by atoms with Crippen LogP contribution in [-0.2, 0) is 16.0 Å². The van der Waals surface area contributed by atoms with Crippen LogP contribution in [0.2, 0.25) is 0 Å². The van der Waals surface area contributed by atoms with Crippen LogP contribution in [0.15, 0.2) is 30.3 Å². The molecule has 3 N–H and O–H groups in total. The van der Waals surface area contributed by atoms with Gasteiger partial charge in [0.15, 0.2) is 0 Å². The summed E-state index contributed by atoms with van der Waals surface area (Å²) in [6, 6.07) is 9.83. The van der Waals surface area contributed by atoms with E-state index >= 15 is 0 Å². The minimum absolute atomic E-state index is 0.00982. The molecular weight excluding hydrogens is 281 g/mol. The zero-order chi connectivity index (χ0) is 15.5. The van der Waals surface area contributed by atoms with E-state index in [2.05, 4.69) is 5.32 Å². The lowest BCUT2D eigenvalue weighted by molar-refractivity contribution is -0.127. The van der Waals surface area contributed by atoms with Crippen molar-refractivity contribution in [1.29, 1.82) is 0 Å². The van der Waals surface area contributed by atoms with E-state index in [1.165, 1.54) is 0 Å². The molecule has 2 fully saturated rings. The molecule has 2 aliphatic heterocycles. The summed E-state index contributed by atoms with van der Waals surface area (Å²) in [5.41, 5.74) is 1.12. The Morgan fingerprint density at radius 2 is 2.09 bits per heavy atom. The number of fused-ring (bicyclic) bond motifs is 2. The fraction of sp³-hybridized carbons (Fsp3) is 0.562. The zero-order valence-corrected chi connectivity index (χ0v) is 12.5. The van der Waals surface area contributed by atoms with E-state index in [4.69, 9.17) is 4.74 Å². The predicted octanol–water partition coefficient (Wildman–Crippen LogP) is 0.683. The van der Waals surface area contributed by atoms with Gasteiger partial charge in [-0.25, -0.2) is 0 Å². The molecule has 0 aromatic heterocycles. The largest absolute Gasteiger partial charge is 0.475 e. The van der Waals surface area contributed by atoms with Gasteiger partial charge in [0.25, 0.3) is 0 Å². The molecule has 0 radical (unpaired) electrons. The Balaban J connectivity index is 1.54. The van der Waals surface area contributed by atoms with Crippen molar-refractivity contribution in [2.75, 3.05) is 0 Å². The standard InChI is InChI=1S/C16H22BNO4/c19-16(13-10-12-7-8-14(13)22-12)18-15(17(20)21)9-6-11-4-2-1-3-5-11/h1-5,12-15,20-21H,6-10H2,(H,18,19)/t12-,13-,14+,15?/m1/s1. The summed E-state index contributed by atoms with van der Waals surface area (Å²) in [4.78, 5) is 12.3. The molecule has 2 aliphatic rings. The third-order valence-corrected chi connectivity index (χ3v) is 4.72. The van der Waals surface area contributed by atoms with Gasteiger partial charge < -0.3 is 20.1 Å². The van der Waals surface area contributed by atoms with E-state index in [0.717, 1.165) is 24.8 Å². The highest BCUT2D eigenvalue weighted by Gasteiger charge is 2.45. The Hall–Kier alpha value is -1.37. The first kappa shape index (κ1) is 15.5. The summed E-state index contributed by atoms with van der Waals surface area (Å²) in [6.45, 7) is 0. The molecule has 1 aromatic carbocycles. The van der Waals surface area contributed by atoms with Gasteiger partial charge in [0, 0.05) is 0 Å². The van der Waals surface area contributed by atoms with Crippen molar-refractivity contribution in [3.63, 3.8) is 0 Å². The van der Waals surface area contributed by atoms with Gasteiger partial charge in [-0.2, -0.15) is 0 Å². The van der Waals surface area contributed by atoms with Gasteiger partial charge in [-0.15, -0.1) is 0 Å². The predicted molar refractivity (Wildman–Crippen MR) is 82.9 cm³/mol. The molecular formula is C16H22BNO4. The average Bonchev–Trinajstić information content (AvgIpc) is 3.15. The first-order valence-electron chi connectivity index (χ1n) is 7.99. The normalized spacial score (nSPS) is 27.6. The van der Waals surface area contributed by atoms with Crippen LogP contribution >= 0.6 is 0 Å². The second-order valence-corrected chi connectivity index (χ2v) is 6.27. The number of carbonyl (C=O) groups is 1. The maximum absolute atomic E-state index is 12.3. The fourth-order valence-electron chi connectivity index (χ4n) is 3.47. The number of aryl methyl sites for hydroxylation is 1. The maximum Gasteiger partial charge on any atom is 0.475 e. The van der Waals surface area contributed by atoms with Crippen molar-refractivity contribution < 1.29 is 19.6 Å². The van der Waals surface area contributed by atoms with Gasteiger partial charge in [-0.05, 0) is 37.7 Å². The van der Waals surface area contributed by atoms with Crippen molar-refractivity contribution in [1.82, 2.24) is 5.32 Å². The van der Waals surface area contributed by atoms with Gasteiger partial charge in [-0.1, -0.05) is 30.3 Å². The second kappa shape index (κ2) is 6.81. The number of rotatable bonds is 6. The van der Waals surface area contributed by atoms with E-state index in [0.29, 0.717) is 12.8 Å². The number of ether oxygens (including phenoxy) is 1. The summed E-state index contributed by atoms with van der Waals surface area (Å²) < 4.78 is 5.69. The van der Waals surface area contributed by atoms with Gasteiger partial charge in [0.05, 0.1) is 24.1 Å². The lowest BCUT2D eigenvalue weighted by atomic mass is 9.75. The van der Waals surface area contributed by atoms with Crippen LogP contribution < -0.4 is 5.32 Å². The summed E-state index contributed by atoms with van der Waals surface area (Å²) >= 11 is 0. The summed E-state index contributed by atoms with van der Waals surface area (Å²) in [7, 11) is -1.55. The molecule has 4 atom stereocenters. The molecule has 22 heavy (non-hydrogen) atoms. The van der Waals surface area contributed by atoms with Crippen LogP contribution in [0.4, 0.5) is 0 Å². The van der Waals surface area contributed by atoms with Crippen LogP contribution in [0.5, 0.6) is 0 Å². The number of hydrogen-bond acceptors (Lipinski definition) is 4. The van der Waals surface area contributed by atoms with Gasteiger partial charge in [0.1, 0.15) is 0 Å². The van der Waals surface area contributed by atoms with E-state index in [1.807, 2.05) is 30.3 Å². The molecule has 2 heterocycles. The van der Waals surface area contributed by atoms with Crippen LogP contribution in [0, 0.1) is 5.92 Å². The lowest BCUT2D eigenvalue weighted by Crippen LogP contribution is -2.50. The van der Waals surface area contributed by atoms with Crippen LogP contribution in [0.3, 0.4) is 0 Å². The minimum Gasteiger partial charge on any atom is -0.426 e.